The quantitative estimate of drug-likeness (QED) is 0.501. The highest BCUT2D eigenvalue weighted by Gasteiger charge is 2.15. The Bertz CT molecular complexity index is 569. The average Bonchev–Trinajstić information content (AvgIpc) is 2.53. The summed E-state index contributed by atoms with van der Waals surface area (Å²) in [4.78, 5) is 0.958. The molecular formula is C17H24NO4+. The standard InChI is InChI=1S/C17H23NO4/c19-9-7-18(8-10-20)12-16(21)13-22-17-6-5-14-3-1-2-4-15(14)11-17/h1-6,11,16,19-21H,7-10,12-13H2/p+1/t16-/m0/s1. The first kappa shape index (κ1) is 16.7. The van der Waals surface area contributed by atoms with Crippen LogP contribution in [0, 0.1) is 0 Å². The van der Waals surface area contributed by atoms with Gasteiger partial charge < -0.3 is 25.0 Å². The van der Waals surface area contributed by atoms with Crippen LogP contribution in [0.3, 0.4) is 0 Å². The minimum absolute atomic E-state index is 0.0353. The fourth-order valence-corrected chi connectivity index (χ4v) is 2.49. The summed E-state index contributed by atoms with van der Waals surface area (Å²) in [6.07, 6.45) is -0.639. The lowest BCUT2D eigenvalue weighted by molar-refractivity contribution is -0.903. The zero-order valence-electron chi connectivity index (χ0n) is 12.6. The second kappa shape index (κ2) is 8.70. The van der Waals surface area contributed by atoms with Gasteiger partial charge in [-0.3, -0.25) is 0 Å². The number of hydrogen-bond donors (Lipinski definition) is 4. The maximum atomic E-state index is 10.0. The van der Waals surface area contributed by atoms with Gasteiger partial charge in [0.25, 0.3) is 0 Å². The van der Waals surface area contributed by atoms with Gasteiger partial charge in [0, 0.05) is 0 Å². The molecule has 0 fully saturated rings. The van der Waals surface area contributed by atoms with Crippen LogP contribution in [-0.4, -0.2) is 60.9 Å². The van der Waals surface area contributed by atoms with Gasteiger partial charge in [0.05, 0.1) is 13.2 Å². The van der Waals surface area contributed by atoms with Gasteiger partial charge in [-0.25, -0.2) is 0 Å². The number of aliphatic hydroxyl groups is 3. The minimum atomic E-state index is -0.639. The van der Waals surface area contributed by atoms with Crippen molar-refractivity contribution in [2.75, 3.05) is 39.5 Å². The molecular weight excluding hydrogens is 282 g/mol. The Labute approximate surface area is 130 Å². The van der Waals surface area contributed by atoms with E-state index in [1.807, 2.05) is 42.5 Å². The van der Waals surface area contributed by atoms with E-state index in [0.717, 1.165) is 21.4 Å². The van der Waals surface area contributed by atoms with Crippen LogP contribution < -0.4 is 9.64 Å². The highest BCUT2D eigenvalue weighted by Crippen LogP contribution is 2.20. The van der Waals surface area contributed by atoms with Crippen molar-refractivity contribution in [2.24, 2.45) is 0 Å². The van der Waals surface area contributed by atoms with Crippen LogP contribution in [0.4, 0.5) is 0 Å². The number of hydrogen-bond acceptors (Lipinski definition) is 4. The molecule has 1 atom stereocenters. The molecule has 0 heterocycles. The molecule has 120 valence electrons. The van der Waals surface area contributed by atoms with Crippen molar-refractivity contribution in [2.45, 2.75) is 6.10 Å². The molecule has 2 aromatic rings. The molecule has 0 aliphatic carbocycles. The fraction of sp³-hybridized carbons (Fsp3) is 0.412. The third-order valence-electron chi connectivity index (χ3n) is 3.62. The number of ether oxygens (including phenoxy) is 1. The molecule has 0 amide bonds. The van der Waals surface area contributed by atoms with E-state index in [0.29, 0.717) is 19.6 Å². The summed E-state index contributed by atoms with van der Waals surface area (Å²) >= 11 is 0. The lowest BCUT2D eigenvalue weighted by Crippen LogP contribution is -3.14. The smallest absolute Gasteiger partial charge is 0.137 e. The van der Waals surface area contributed by atoms with Crippen molar-refractivity contribution in [3.63, 3.8) is 0 Å². The third kappa shape index (κ3) is 4.96. The van der Waals surface area contributed by atoms with Crippen molar-refractivity contribution >= 4 is 10.8 Å². The van der Waals surface area contributed by atoms with E-state index in [9.17, 15) is 5.11 Å². The van der Waals surface area contributed by atoms with Crippen molar-refractivity contribution < 1.29 is 25.0 Å². The van der Waals surface area contributed by atoms with Crippen molar-refractivity contribution in [3.8, 4) is 5.75 Å². The van der Waals surface area contributed by atoms with Gasteiger partial charge in [-0.2, -0.15) is 0 Å². The Balaban J connectivity index is 1.87. The molecule has 22 heavy (non-hydrogen) atoms. The number of rotatable bonds is 9. The lowest BCUT2D eigenvalue weighted by Gasteiger charge is -2.21. The summed E-state index contributed by atoms with van der Waals surface area (Å²) in [5, 5.41) is 30.2. The van der Waals surface area contributed by atoms with E-state index >= 15 is 0 Å². The topological polar surface area (TPSA) is 74.4 Å². The van der Waals surface area contributed by atoms with Crippen LogP contribution in [-0.2, 0) is 0 Å². The summed E-state index contributed by atoms with van der Waals surface area (Å²) < 4.78 is 5.64. The molecule has 2 aromatic carbocycles. The number of nitrogens with one attached hydrogen (secondary N) is 1. The SMILES string of the molecule is OCC[NH+](CCO)C[C@H](O)COc1ccc2ccccc2c1. The van der Waals surface area contributed by atoms with Crippen LogP contribution in [0.2, 0.25) is 0 Å². The Morgan fingerprint density at radius 3 is 2.32 bits per heavy atom. The maximum Gasteiger partial charge on any atom is 0.137 e. The number of benzene rings is 2. The Kier molecular flexibility index (Phi) is 6.61. The van der Waals surface area contributed by atoms with Gasteiger partial charge >= 0.3 is 0 Å². The number of quaternary nitrogens is 1. The Hall–Kier alpha value is -1.66. The highest BCUT2D eigenvalue weighted by molar-refractivity contribution is 5.83. The normalized spacial score (nSPS) is 12.7. The van der Waals surface area contributed by atoms with Crippen molar-refractivity contribution in [1.29, 1.82) is 0 Å². The number of fused-ring (bicyclic) bond motifs is 1. The summed E-state index contributed by atoms with van der Waals surface area (Å²) in [7, 11) is 0. The minimum Gasteiger partial charge on any atom is -0.491 e. The molecule has 0 bridgehead atoms. The van der Waals surface area contributed by atoms with E-state index in [1.54, 1.807) is 0 Å². The van der Waals surface area contributed by atoms with E-state index in [-0.39, 0.29) is 19.8 Å². The second-order valence-corrected chi connectivity index (χ2v) is 5.38. The first-order valence-electron chi connectivity index (χ1n) is 7.58. The van der Waals surface area contributed by atoms with E-state index < -0.39 is 6.10 Å². The summed E-state index contributed by atoms with van der Waals surface area (Å²) in [6, 6.07) is 13.9. The molecule has 0 aromatic heterocycles. The molecule has 0 saturated heterocycles. The zero-order chi connectivity index (χ0) is 15.8. The molecule has 0 saturated carbocycles. The van der Waals surface area contributed by atoms with Crippen LogP contribution in [0.15, 0.2) is 42.5 Å². The van der Waals surface area contributed by atoms with Crippen LogP contribution in [0.5, 0.6) is 5.75 Å². The molecule has 0 aliphatic heterocycles. The number of aliphatic hydroxyl groups excluding tert-OH is 3. The molecule has 4 N–H and O–H groups in total. The monoisotopic (exact) mass is 306 g/mol. The Morgan fingerprint density at radius 2 is 1.64 bits per heavy atom. The summed E-state index contributed by atoms with van der Waals surface area (Å²) in [5.41, 5.74) is 0. The second-order valence-electron chi connectivity index (χ2n) is 5.38. The maximum absolute atomic E-state index is 10.0. The first-order chi connectivity index (χ1) is 10.7. The molecule has 0 unspecified atom stereocenters. The predicted molar refractivity (Wildman–Crippen MR) is 85.2 cm³/mol. The van der Waals surface area contributed by atoms with Gasteiger partial charge in [0.1, 0.15) is 38.1 Å². The van der Waals surface area contributed by atoms with Gasteiger partial charge in [0.15, 0.2) is 0 Å². The van der Waals surface area contributed by atoms with Crippen molar-refractivity contribution in [3.05, 3.63) is 42.5 Å². The van der Waals surface area contributed by atoms with Gasteiger partial charge in [-0.15, -0.1) is 0 Å². The average molecular weight is 306 g/mol. The third-order valence-corrected chi connectivity index (χ3v) is 3.62. The van der Waals surface area contributed by atoms with Crippen LogP contribution in [0.1, 0.15) is 0 Å². The predicted octanol–water partition coefficient (Wildman–Crippen LogP) is -0.551. The van der Waals surface area contributed by atoms with Gasteiger partial charge in [-0.05, 0) is 22.9 Å². The highest BCUT2D eigenvalue weighted by atomic mass is 16.5. The zero-order valence-corrected chi connectivity index (χ0v) is 12.6. The first-order valence-corrected chi connectivity index (χ1v) is 7.58. The molecule has 5 nitrogen and oxygen atoms in total. The molecule has 0 radical (unpaired) electrons. The molecule has 0 aliphatic rings. The summed E-state index contributed by atoms with van der Waals surface area (Å²) in [6.45, 7) is 1.72. The van der Waals surface area contributed by atoms with Crippen LogP contribution in [0.25, 0.3) is 10.8 Å². The Morgan fingerprint density at radius 1 is 0.955 bits per heavy atom. The lowest BCUT2D eigenvalue weighted by atomic mass is 10.1. The molecule has 0 spiro atoms. The van der Waals surface area contributed by atoms with Crippen molar-refractivity contribution in [1.82, 2.24) is 0 Å². The molecule has 2 rings (SSSR count). The molecule has 5 heteroatoms. The largest absolute Gasteiger partial charge is 0.491 e. The van der Waals surface area contributed by atoms with Gasteiger partial charge in [0.2, 0.25) is 0 Å². The van der Waals surface area contributed by atoms with E-state index in [2.05, 4.69) is 0 Å². The van der Waals surface area contributed by atoms with E-state index in [1.165, 1.54) is 0 Å². The van der Waals surface area contributed by atoms with Gasteiger partial charge in [-0.1, -0.05) is 30.3 Å². The fourth-order valence-electron chi connectivity index (χ4n) is 2.49. The van der Waals surface area contributed by atoms with Crippen LogP contribution >= 0.6 is 0 Å². The summed E-state index contributed by atoms with van der Waals surface area (Å²) in [5.74, 6) is 0.726. The van der Waals surface area contributed by atoms with E-state index in [4.69, 9.17) is 14.9 Å².